The number of hydrogen-bond acceptors (Lipinski definition) is 6. The first-order chi connectivity index (χ1) is 14.0. The third-order valence-electron chi connectivity index (χ3n) is 5.30. The molecule has 0 saturated heterocycles. The molecule has 0 aliphatic carbocycles. The molecule has 144 valence electrons. The van der Waals surface area contributed by atoms with Crippen molar-refractivity contribution in [2.24, 2.45) is 0 Å². The van der Waals surface area contributed by atoms with Crippen LogP contribution in [-0.2, 0) is 0 Å². The van der Waals surface area contributed by atoms with Crippen LogP contribution in [-0.4, -0.2) is 16.0 Å². The number of carbonyl (C=O) groups is 1. The molecule has 1 N–H and O–H groups in total. The van der Waals surface area contributed by atoms with Crippen LogP contribution < -0.4 is 10.3 Å². The number of carbonyl (C=O) groups excluding carboxylic acids is 1. The molecule has 2 aromatic heterocycles. The predicted octanol–water partition coefficient (Wildman–Crippen LogP) is 4.32. The molecule has 2 aromatic carbocycles. The van der Waals surface area contributed by atoms with Crippen LogP contribution in [0.4, 0.5) is 5.13 Å². The molecule has 1 aliphatic rings. The Balaban J connectivity index is 1.85. The van der Waals surface area contributed by atoms with Gasteiger partial charge in [0.05, 0.1) is 17.0 Å². The summed E-state index contributed by atoms with van der Waals surface area (Å²) in [7, 11) is 0. The summed E-state index contributed by atoms with van der Waals surface area (Å²) in [6.45, 7) is 3.86. The summed E-state index contributed by atoms with van der Waals surface area (Å²) in [6.07, 6.45) is 1.61. The minimum Gasteiger partial charge on any atom is -0.508 e. The molecule has 1 atom stereocenters. The van der Waals surface area contributed by atoms with Gasteiger partial charge in [-0.15, -0.1) is 11.3 Å². The molecule has 5 rings (SSSR count). The summed E-state index contributed by atoms with van der Waals surface area (Å²) in [5, 5.41) is 12.7. The van der Waals surface area contributed by atoms with Crippen molar-refractivity contribution in [3.05, 3.63) is 86.2 Å². The summed E-state index contributed by atoms with van der Waals surface area (Å²) in [5.74, 6) is -0.339. The SMILES string of the molecule is Cc1cc2oc3c(c(=O)c2cc1C)[C@H](c1cccc(O)c1)N(c1nccs1)C3=O. The number of amides is 1. The molecule has 0 spiro atoms. The van der Waals surface area contributed by atoms with E-state index in [1.165, 1.54) is 16.2 Å². The van der Waals surface area contributed by atoms with Crippen molar-refractivity contribution in [1.82, 2.24) is 4.98 Å². The minimum absolute atomic E-state index is 0.0225. The van der Waals surface area contributed by atoms with E-state index in [1.807, 2.05) is 13.8 Å². The monoisotopic (exact) mass is 404 g/mol. The van der Waals surface area contributed by atoms with Gasteiger partial charge < -0.3 is 9.52 Å². The van der Waals surface area contributed by atoms with Gasteiger partial charge in [0.15, 0.2) is 10.6 Å². The van der Waals surface area contributed by atoms with Crippen molar-refractivity contribution in [1.29, 1.82) is 0 Å². The van der Waals surface area contributed by atoms with E-state index < -0.39 is 11.9 Å². The highest BCUT2D eigenvalue weighted by atomic mass is 32.1. The first-order valence-corrected chi connectivity index (χ1v) is 9.93. The number of fused-ring (bicyclic) bond motifs is 2. The quantitative estimate of drug-likeness (QED) is 0.538. The van der Waals surface area contributed by atoms with E-state index in [0.29, 0.717) is 21.7 Å². The lowest BCUT2D eigenvalue weighted by molar-refractivity contribution is 0.0971. The molecule has 1 aliphatic heterocycles. The van der Waals surface area contributed by atoms with Crippen LogP contribution in [0.25, 0.3) is 11.0 Å². The number of aryl methyl sites for hydroxylation is 2. The average molecular weight is 404 g/mol. The lowest BCUT2D eigenvalue weighted by Crippen LogP contribution is -2.29. The van der Waals surface area contributed by atoms with Gasteiger partial charge in [0.25, 0.3) is 5.91 Å². The molecule has 0 saturated carbocycles. The fourth-order valence-corrected chi connectivity index (χ4v) is 4.44. The van der Waals surface area contributed by atoms with Crippen molar-refractivity contribution in [2.45, 2.75) is 19.9 Å². The number of benzene rings is 2. The zero-order valence-corrected chi connectivity index (χ0v) is 16.5. The maximum absolute atomic E-state index is 13.5. The fraction of sp³-hybridized carbons (Fsp3) is 0.136. The Morgan fingerprint density at radius 2 is 1.93 bits per heavy atom. The summed E-state index contributed by atoms with van der Waals surface area (Å²) in [5.41, 5.74) is 2.98. The number of aromatic nitrogens is 1. The second-order valence-electron chi connectivity index (χ2n) is 7.09. The first kappa shape index (κ1) is 17.6. The normalized spacial score (nSPS) is 15.9. The Kier molecular flexibility index (Phi) is 3.82. The predicted molar refractivity (Wildman–Crippen MR) is 111 cm³/mol. The average Bonchev–Trinajstić information content (AvgIpc) is 3.30. The molecule has 4 aromatic rings. The molecule has 7 heteroatoms. The van der Waals surface area contributed by atoms with Gasteiger partial charge in [-0.3, -0.25) is 14.5 Å². The van der Waals surface area contributed by atoms with Crippen LogP contribution >= 0.6 is 11.3 Å². The Morgan fingerprint density at radius 3 is 2.66 bits per heavy atom. The molecular formula is C22H16N2O4S. The lowest BCUT2D eigenvalue weighted by atomic mass is 9.97. The highest BCUT2D eigenvalue weighted by Crippen LogP contribution is 2.42. The zero-order valence-electron chi connectivity index (χ0n) is 15.7. The molecule has 0 bridgehead atoms. The number of thiazole rings is 1. The molecule has 0 radical (unpaired) electrons. The summed E-state index contributed by atoms with van der Waals surface area (Å²) in [4.78, 5) is 32.5. The van der Waals surface area contributed by atoms with Crippen molar-refractivity contribution in [3.63, 3.8) is 0 Å². The Labute approximate surface area is 169 Å². The van der Waals surface area contributed by atoms with E-state index in [4.69, 9.17) is 4.42 Å². The number of phenolic OH excluding ortho intramolecular Hbond substituents is 1. The van der Waals surface area contributed by atoms with Crippen LogP contribution in [0.5, 0.6) is 5.75 Å². The lowest BCUT2D eigenvalue weighted by Gasteiger charge is -2.22. The van der Waals surface area contributed by atoms with Crippen LogP contribution in [0.1, 0.15) is 38.9 Å². The van der Waals surface area contributed by atoms with E-state index >= 15 is 0 Å². The van der Waals surface area contributed by atoms with Gasteiger partial charge in [0, 0.05) is 11.6 Å². The minimum atomic E-state index is -0.724. The third-order valence-corrected chi connectivity index (χ3v) is 6.07. The van der Waals surface area contributed by atoms with Gasteiger partial charge in [-0.2, -0.15) is 0 Å². The summed E-state index contributed by atoms with van der Waals surface area (Å²) in [6, 6.07) is 9.42. The summed E-state index contributed by atoms with van der Waals surface area (Å²) >= 11 is 1.30. The number of anilines is 1. The number of phenols is 1. The van der Waals surface area contributed by atoms with Crippen LogP contribution in [0.2, 0.25) is 0 Å². The molecule has 29 heavy (non-hydrogen) atoms. The van der Waals surface area contributed by atoms with Crippen molar-refractivity contribution in [3.8, 4) is 5.75 Å². The Morgan fingerprint density at radius 1 is 1.14 bits per heavy atom. The van der Waals surface area contributed by atoms with Crippen molar-refractivity contribution in [2.75, 3.05) is 4.90 Å². The Hall–Kier alpha value is -3.45. The molecule has 6 nitrogen and oxygen atoms in total. The third kappa shape index (κ3) is 2.58. The molecular weight excluding hydrogens is 388 g/mol. The van der Waals surface area contributed by atoms with Crippen LogP contribution in [0.3, 0.4) is 0 Å². The number of nitrogens with zero attached hydrogens (tertiary/aromatic N) is 2. The van der Waals surface area contributed by atoms with Gasteiger partial charge in [-0.1, -0.05) is 12.1 Å². The first-order valence-electron chi connectivity index (χ1n) is 9.05. The highest BCUT2D eigenvalue weighted by molar-refractivity contribution is 7.13. The number of aromatic hydroxyl groups is 1. The number of hydrogen-bond donors (Lipinski definition) is 1. The van der Waals surface area contributed by atoms with E-state index in [9.17, 15) is 14.7 Å². The summed E-state index contributed by atoms with van der Waals surface area (Å²) < 4.78 is 5.97. The topological polar surface area (TPSA) is 83.6 Å². The zero-order chi connectivity index (χ0) is 20.3. The second kappa shape index (κ2) is 6.28. The van der Waals surface area contributed by atoms with E-state index in [0.717, 1.165) is 11.1 Å². The smallest absolute Gasteiger partial charge is 0.297 e. The van der Waals surface area contributed by atoms with Gasteiger partial charge in [0.1, 0.15) is 11.3 Å². The van der Waals surface area contributed by atoms with Gasteiger partial charge in [0.2, 0.25) is 5.76 Å². The van der Waals surface area contributed by atoms with Gasteiger partial charge >= 0.3 is 0 Å². The largest absolute Gasteiger partial charge is 0.508 e. The standard InChI is InChI=1S/C22H16N2O4S/c1-11-8-15-16(9-12(11)2)28-20-17(19(15)26)18(13-4-3-5-14(25)10-13)24(21(20)27)22-23-6-7-29-22/h3-10,18,25H,1-2H3/t18-/m0/s1. The highest BCUT2D eigenvalue weighted by Gasteiger charge is 2.44. The van der Waals surface area contributed by atoms with Crippen molar-refractivity contribution < 1.29 is 14.3 Å². The Bertz CT molecular complexity index is 1340. The van der Waals surface area contributed by atoms with Crippen molar-refractivity contribution >= 4 is 33.3 Å². The maximum atomic E-state index is 13.5. The van der Waals surface area contributed by atoms with E-state index in [1.54, 1.807) is 48.0 Å². The van der Waals surface area contributed by atoms with Gasteiger partial charge in [-0.25, -0.2) is 4.98 Å². The second-order valence-corrected chi connectivity index (χ2v) is 7.97. The van der Waals surface area contributed by atoms with Crippen LogP contribution in [0, 0.1) is 13.8 Å². The fourth-order valence-electron chi connectivity index (χ4n) is 3.77. The molecule has 1 amide bonds. The maximum Gasteiger partial charge on any atom is 0.297 e. The number of rotatable bonds is 2. The molecule has 0 fully saturated rings. The van der Waals surface area contributed by atoms with E-state index in [-0.39, 0.29) is 22.5 Å². The van der Waals surface area contributed by atoms with E-state index in [2.05, 4.69) is 4.98 Å². The van der Waals surface area contributed by atoms with Gasteiger partial charge in [-0.05, 0) is 54.8 Å². The molecule has 3 heterocycles. The van der Waals surface area contributed by atoms with Crippen LogP contribution in [0.15, 0.2) is 57.2 Å². The molecule has 0 unspecified atom stereocenters.